The van der Waals surface area contributed by atoms with E-state index >= 15 is 0 Å². The fourth-order valence-corrected chi connectivity index (χ4v) is 4.02. The summed E-state index contributed by atoms with van der Waals surface area (Å²) in [7, 11) is 0. The maximum atomic E-state index is 12.9. The average Bonchev–Trinajstić information content (AvgIpc) is 3.29. The molecule has 2 N–H and O–H groups in total. The fourth-order valence-electron chi connectivity index (χ4n) is 4.02. The summed E-state index contributed by atoms with van der Waals surface area (Å²) in [6.45, 7) is 0. The van der Waals surface area contributed by atoms with Gasteiger partial charge >= 0.3 is 0 Å². The molecule has 4 nitrogen and oxygen atoms in total. The van der Waals surface area contributed by atoms with Gasteiger partial charge in [-0.3, -0.25) is 4.79 Å². The number of hydrogen-bond donors (Lipinski definition) is 2. The molecule has 152 valence electrons. The summed E-state index contributed by atoms with van der Waals surface area (Å²) in [5.41, 5.74) is 5.13. The number of fused-ring (bicyclic) bond motifs is 2. The molecular formula is C27H23N3O. The van der Waals surface area contributed by atoms with Crippen molar-refractivity contribution in [1.29, 1.82) is 0 Å². The van der Waals surface area contributed by atoms with Gasteiger partial charge in [-0.15, -0.1) is 0 Å². The second-order valence-electron chi connectivity index (χ2n) is 7.77. The molecule has 1 amide bonds. The molecule has 4 heteroatoms. The van der Waals surface area contributed by atoms with Crippen LogP contribution in [0, 0.1) is 0 Å². The molecule has 0 radical (unpaired) electrons. The van der Waals surface area contributed by atoms with Crippen LogP contribution in [0.1, 0.15) is 29.2 Å². The van der Waals surface area contributed by atoms with Crippen LogP contribution in [0.5, 0.6) is 0 Å². The molecule has 0 bridgehead atoms. The first-order valence-electron chi connectivity index (χ1n) is 10.5. The summed E-state index contributed by atoms with van der Waals surface area (Å²) >= 11 is 0. The first-order valence-corrected chi connectivity index (χ1v) is 10.5. The molecule has 1 atom stereocenters. The molecule has 0 fully saturated rings. The Hall–Kier alpha value is -3.92. The number of H-pyrrole nitrogens is 1. The Kier molecular flexibility index (Phi) is 5.19. The molecule has 5 rings (SSSR count). The number of rotatable bonds is 6. The first-order chi connectivity index (χ1) is 15.3. The Morgan fingerprint density at radius 2 is 1.65 bits per heavy atom. The summed E-state index contributed by atoms with van der Waals surface area (Å²) < 4.78 is 0. The van der Waals surface area contributed by atoms with Gasteiger partial charge < -0.3 is 10.3 Å². The number of carbonyl (C=O) groups is 1. The lowest BCUT2D eigenvalue weighted by molar-refractivity contribution is -0.121. The lowest BCUT2D eigenvalue weighted by atomic mass is 9.97. The summed E-state index contributed by atoms with van der Waals surface area (Å²) in [6, 6.07) is 30.6. The molecule has 4 aromatic carbocycles. The van der Waals surface area contributed by atoms with E-state index in [-0.39, 0.29) is 11.9 Å². The Morgan fingerprint density at radius 1 is 0.839 bits per heavy atom. The standard InChI is InChI=1S/C27H23N3O/c31-26(15-11-19-10-12-20-6-4-5-9-22(20)16-19)30-27(21-7-2-1-3-8-21)23-13-14-24-25(17-23)29-18-28-24/h1-10,12-14,16-18,27H,11,15H2,(H,28,29)(H,30,31). The number of imidazole rings is 1. The SMILES string of the molecule is O=C(CCc1ccc2ccccc2c1)NC(c1ccccc1)c1ccc2nc[nH]c2c1. The third kappa shape index (κ3) is 4.19. The fraction of sp³-hybridized carbons (Fsp3) is 0.111. The Bertz CT molecular complexity index is 1340. The van der Waals surface area contributed by atoms with E-state index < -0.39 is 0 Å². The lowest BCUT2D eigenvalue weighted by Gasteiger charge is -2.20. The van der Waals surface area contributed by atoms with Gasteiger partial charge in [0.1, 0.15) is 0 Å². The molecular weight excluding hydrogens is 382 g/mol. The van der Waals surface area contributed by atoms with Crippen LogP contribution in [-0.4, -0.2) is 15.9 Å². The minimum absolute atomic E-state index is 0.0340. The van der Waals surface area contributed by atoms with Crippen molar-refractivity contribution in [3.63, 3.8) is 0 Å². The highest BCUT2D eigenvalue weighted by molar-refractivity contribution is 5.83. The third-order valence-electron chi connectivity index (χ3n) is 5.67. The van der Waals surface area contributed by atoms with Crippen LogP contribution in [0.4, 0.5) is 0 Å². The Morgan fingerprint density at radius 3 is 2.52 bits per heavy atom. The molecule has 31 heavy (non-hydrogen) atoms. The zero-order valence-electron chi connectivity index (χ0n) is 17.1. The van der Waals surface area contributed by atoms with Crippen LogP contribution < -0.4 is 5.32 Å². The van der Waals surface area contributed by atoms with Gasteiger partial charge in [0.25, 0.3) is 0 Å². The maximum Gasteiger partial charge on any atom is 0.221 e. The van der Waals surface area contributed by atoms with Crippen molar-refractivity contribution in [2.24, 2.45) is 0 Å². The summed E-state index contributed by atoms with van der Waals surface area (Å²) in [5, 5.41) is 5.66. The van der Waals surface area contributed by atoms with Crippen molar-refractivity contribution in [2.75, 3.05) is 0 Å². The minimum Gasteiger partial charge on any atom is -0.345 e. The van der Waals surface area contributed by atoms with E-state index in [1.165, 1.54) is 16.3 Å². The predicted octanol–water partition coefficient (Wildman–Crippen LogP) is 5.55. The van der Waals surface area contributed by atoms with E-state index in [4.69, 9.17) is 0 Å². The monoisotopic (exact) mass is 405 g/mol. The van der Waals surface area contributed by atoms with Crippen LogP contribution in [-0.2, 0) is 11.2 Å². The van der Waals surface area contributed by atoms with Gasteiger partial charge in [-0.1, -0.05) is 78.9 Å². The van der Waals surface area contributed by atoms with E-state index in [1.54, 1.807) is 6.33 Å². The number of aryl methyl sites for hydroxylation is 1. The summed E-state index contributed by atoms with van der Waals surface area (Å²) in [5.74, 6) is 0.0340. The minimum atomic E-state index is -0.210. The van der Waals surface area contributed by atoms with Gasteiger partial charge in [-0.2, -0.15) is 0 Å². The van der Waals surface area contributed by atoms with Crippen LogP contribution in [0.2, 0.25) is 0 Å². The molecule has 0 spiro atoms. The number of hydrogen-bond acceptors (Lipinski definition) is 2. The molecule has 5 aromatic rings. The van der Waals surface area contributed by atoms with E-state index in [0.717, 1.165) is 22.2 Å². The van der Waals surface area contributed by atoms with E-state index in [9.17, 15) is 4.79 Å². The third-order valence-corrected chi connectivity index (χ3v) is 5.67. The smallest absolute Gasteiger partial charge is 0.221 e. The van der Waals surface area contributed by atoms with Crippen molar-refractivity contribution in [2.45, 2.75) is 18.9 Å². The van der Waals surface area contributed by atoms with Crippen LogP contribution in [0.3, 0.4) is 0 Å². The quantitative estimate of drug-likeness (QED) is 0.389. The number of aromatic nitrogens is 2. The van der Waals surface area contributed by atoms with Gasteiger partial charge in [-0.05, 0) is 46.0 Å². The average molecular weight is 406 g/mol. The highest BCUT2D eigenvalue weighted by atomic mass is 16.1. The largest absolute Gasteiger partial charge is 0.345 e. The number of nitrogens with one attached hydrogen (secondary N) is 2. The molecule has 1 aromatic heterocycles. The van der Waals surface area contributed by atoms with Crippen LogP contribution in [0.25, 0.3) is 21.8 Å². The second kappa shape index (κ2) is 8.44. The number of aromatic amines is 1. The van der Waals surface area contributed by atoms with Gasteiger partial charge in [-0.25, -0.2) is 4.98 Å². The first kappa shape index (κ1) is 19.1. The zero-order valence-corrected chi connectivity index (χ0v) is 17.1. The molecule has 0 saturated heterocycles. The number of carbonyl (C=O) groups excluding carboxylic acids is 1. The number of nitrogens with zero attached hydrogens (tertiary/aromatic N) is 1. The van der Waals surface area contributed by atoms with E-state index in [0.29, 0.717) is 12.8 Å². The molecule has 0 aliphatic carbocycles. The topological polar surface area (TPSA) is 57.8 Å². The second-order valence-corrected chi connectivity index (χ2v) is 7.77. The normalized spacial score (nSPS) is 12.1. The van der Waals surface area contributed by atoms with Gasteiger partial charge in [0.05, 0.1) is 23.4 Å². The Balaban J connectivity index is 1.35. The number of benzene rings is 4. The van der Waals surface area contributed by atoms with Gasteiger partial charge in [0.15, 0.2) is 0 Å². The summed E-state index contributed by atoms with van der Waals surface area (Å²) in [6.07, 6.45) is 2.83. The van der Waals surface area contributed by atoms with Crippen molar-refractivity contribution in [1.82, 2.24) is 15.3 Å². The predicted molar refractivity (Wildman–Crippen MR) is 125 cm³/mol. The number of amides is 1. The zero-order chi connectivity index (χ0) is 21.0. The van der Waals surface area contributed by atoms with E-state index in [1.807, 2.05) is 54.6 Å². The molecule has 0 saturated carbocycles. The van der Waals surface area contributed by atoms with Gasteiger partial charge in [0, 0.05) is 6.42 Å². The molecule has 1 heterocycles. The highest BCUT2D eigenvalue weighted by Crippen LogP contribution is 2.25. The highest BCUT2D eigenvalue weighted by Gasteiger charge is 2.17. The van der Waals surface area contributed by atoms with E-state index in [2.05, 4.69) is 51.7 Å². The molecule has 0 aliphatic rings. The summed E-state index contributed by atoms with van der Waals surface area (Å²) in [4.78, 5) is 20.4. The van der Waals surface area contributed by atoms with Crippen LogP contribution >= 0.6 is 0 Å². The van der Waals surface area contributed by atoms with Crippen molar-refractivity contribution in [3.8, 4) is 0 Å². The van der Waals surface area contributed by atoms with Crippen molar-refractivity contribution < 1.29 is 4.79 Å². The maximum absolute atomic E-state index is 12.9. The van der Waals surface area contributed by atoms with Crippen molar-refractivity contribution in [3.05, 3.63) is 114 Å². The molecule has 1 unspecified atom stereocenters. The molecule has 0 aliphatic heterocycles. The van der Waals surface area contributed by atoms with Crippen molar-refractivity contribution >= 4 is 27.7 Å². The Labute approximate surface area is 181 Å². The lowest BCUT2D eigenvalue weighted by Crippen LogP contribution is -2.29. The van der Waals surface area contributed by atoms with Crippen LogP contribution in [0.15, 0.2) is 97.3 Å². The van der Waals surface area contributed by atoms with Gasteiger partial charge in [0.2, 0.25) is 5.91 Å².